The predicted molar refractivity (Wildman–Crippen MR) is 104 cm³/mol. The van der Waals surface area contributed by atoms with Crippen molar-refractivity contribution in [1.82, 2.24) is 10.6 Å². The molecule has 2 N–H and O–H groups in total. The molecule has 0 radical (unpaired) electrons. The quantitative estimate of drug-likeness (QED) is 0.791. The fourth-order valence-electron chi connectivity index (χ4n) is 3.03. The molecular weight excluding hydrogens is 340 g/mol. The molecule has 2 fully saturated rings. The molecule has 0 aliphatic heterocycles. The third-order valence-electron chi connectivity index (χ3n) is 5.08. The number of methoxy groups -OCH3 is 1. The van der Waals surface area contributed by atoms with E-state index < -0.39 is 0 Å². The Bertz CT molecular complexity index is 852. The van der Waals surface area contributed by atoms with Crippen molar-refractivity contribution in [2.75, 3.05) is 13.7 Å². The van der Waals surface area contributed by atoms with Gasteiger partial charge >= 0.3 is 0 Å². The van der Waals surface area contributed by atoms with Crippen molar-refractivity contribution in [3.63, 3.8) is 0 Å². The number of carbonyl (C=O) groups is 2. The Kier molecular flexibility index (Phi) is 4.84. The third kappa shape index (κ3) is 4.30. The number of amides is 2. The summed E-state index contributed by atoms with van der Waals surface area (Å²) in [5.74, 6) is 1.25. The molecule has 2 aliphatic rings. The molecule has 4 rings (SSSR count). The van der Waals surface area contributed by atoms with E-state index in [0.29, 0.717) is 28.8 Å². The molecule has 0 unspecified atom stereocenters. The first kappa shape index (κ1) is 17.6. The number of hydrogen-bond acceptors (Lipinski definition) is 3. The Morgan fingerprint density at radius 3 is 2.30 bits per heavy atom. The van der Waals surface area contributed by atoms with E-state index in [0.717, 1.165) is 30.5 Å². The Morgan fingerprint density at radius 1 is 0.963 bits per heavy atom. The van der Waals surface area contributed by atoms with Crippen LogP contribution in [0.4, 0.5) is 0 Å². The SMILES string of the molecule is COc1ccc(C(=O)NC2CC2)cc1-c1ccc(C(=O)NCC2CC2)cc1. The number of ether oxygens (including phenoxy) is 1. The van der Waals surface area contributed by atoms with E-state index in [1.54, 1.807) is 13.2 Å². The van der Waals surface area contributed by atoms with E-state index >= 15 is 0 Å². The Labute approximate surface area is 159 Å². The van der Waals surface area contributed by atoms with Gasteiger partial charge in [0.2, 0.25) is 0 Å². The van der Waals surface area contributed by atoms with Crippen molar-refractivity contribution in [2.24, 2.45) is 5.92 Å². The second-order valence-electron chi connectivity index (χ2n) is 7.39. The number of rotatable bonds is 7. The largest absolute Gasteiger partial charge is 0.496 e. The minimum atomic E-state index is -0.0579. The Morgan fingerprint density at radius 2 is 1.67 bits per heavy atom. The topological polar surface area (TPSA) is 67.4 Å². The minimum absolute atomic E-state index is 0.0435. The van der Waals surface area contributed by atoms with Crippen LogP contribution in [0, 0.1) is 5.92 Å². The monoisotopic (exact) mass is 364 g/mol. The summed E-state index contributed by atoms with van der Waals surface area (Å²) >= 11 is 0. The first-order valence-electron chi connectivity index (χ1n) is 9.51. The number of nitrogens with one attached hydrogen (secondary N) is 2. The lowest BCUT2D eigenvalue weighted by Crippen LogP contribution is -2.25. The highest BCUT2D eigenvalue weighted by Crippen LogP contribution is 2.32. The molecule has 0 atom stereocenters. The molecule has 0 bridgehead atoms. The van der Waals surface area contributed by atoms with Crippen LogP contribution in [0.1, 0.15) is 46.4 Å². The van der Waals surface area contributed by atoms with Gasteiger partial charge in [-0.25, -0.2) is 0 Å². The molecule has 27 heavy (non-hydrogen) atoms. The molecule has 140 valence electrons. The van der Waals surface area contributed by atoms with E-state index in [1.807, 2.05) is 36.4 Å². The number of benzene rings is 2. The normalized spacial score (nSPS) is 15.9. The van der Waals surface area contributed by atoms with Gasteiger partial charge < -0.3 is 15.4 Å². The standard InChI is InChI=1S/C22H24N2O3/c1-27-20-11-8-17(22(26)24-18-9-10-18)12-19(20)15-4-6-16(7-5-15)21(25)23-13-14-2-3-14/h4-8,11-12,14,18H,2-3,9-10,13H2,1H3,(H,23,25)(H,24,26). The zero-order valence-corrected chi connectivity index (χ0v) is 15.5. The molecule has 0 heterocycles. The van der Waals surface area contributed by atoms with Crippen molar-refractivity contribution >= 4 is 11.8 Å². The van der Waals surface area contributed by atoms with Gasteiger partial charge in [0.05, 0.1) is 7.11 Å². The van der Waals surface area contributed by atoms with Crippen molar-refractivity contribution in [3.05, 3.63) is 53.6 Å². The van der Waals surface area contributed by atoms with E-state index in [2.05, 4.69) is 10.6 Å². The van der Waals surface area contributed by atoms with E-state index in [-0.39, 0.29) is 11.8 Å². The van der Waals surface area contributed by atoms with Gasteiger partial charge in [-0.15, -0.1) is 0 Å². The summed E-state index contributed by atoms with van der Waals surface area (Å²) in [5, 5.41) is 5.98. The Hall–Kier alpha value is -2.82. The summed E-state index contributed by atoms with van der Waals surface area (Å²) in [6.07, 6.45) is 4.53. The summed E-state index contributed by atoms with van der Waals surface area (Å²) in [6.45, 7) is 0.757. The maximum atomic E-state index is 12.3. The van der Waals surface area contributed by atoms with E-state index in [4.69, 9.17) is 4.74 Å². The highest BCUT2D eigenvalue weighted by Gasteiger charge is 2.24. The summed E-state index contributed by atoms with van der Waals surface area (Å²) < 4.78 is 5.47. The highest BCUT2D eigenvalue weighted by atomic mass is 16.5. The van der Waals surface area contributed by atoms with Crippen LogP contribution in [0.3, 0.4) is 0 Å². The molecule has 2 aromatic carbocycles. The maximum Gasteiger partial charge on any atom is 0.251 e. The second-order valence-corrected chi connectivity index (χ2v) is 7.39. The van der Waals surface area contributed by atoms with Gasteiger partial charge in [0.1, 0.15) is 5.75 Å². The molecule has 2 aliphatic carbocycles. The molecular formula is C22H24N2O3. The van der Waals surface area contributed by atoms with Crippen LogP contribution in [0.5, 0.6) is 5.75 Å². The van der Waals surface area contributed by atoms with Crippen LogP contribution in [0.25, 0.3) is 11.1 Å². The van der Waals surface area contributed by atoms with Crippen LogP contribution in [-0.2, 0) is 0 Å². The maximum absolute atomic E-state index is 12.3. The average molecular weight is 364 g/mol. The smallest absolute Gasteiger partial charge is 0.251 e. The summed E-state index contributed by atoms with van der Waals surface area (Å²) in [4.78, 5) is 24.6. The predicted octanol–water partition coefficient (Wildman–Crippen LogP) is 3.39. The van der Waals surface area contributed by atoms with E-state index in [9.17, 15) is 9.59 Å². The third-order valence-corrected chi connectivity index (χ3v) is 5.08. The Balaban J connectivity index is 1.53. The van der Waals surface area contributed by atoms with Crippen LogP contribution in [0.15, 0.2) is 42.5 Å². The fourth-order valence-corrected chi connectivity index (χ4v) is 3.03. The van der Waals surface area contributed by atoms with Gasteiger partial charge in [-0.1, -0.05) is 12.1 Å². The lowest BCUT2D eigenvalue weighted by atomic mass is 10.00. The molecule has 2 amide bonds. The van der Waals surface area contributed by atoms with E-state index in [1.165, 1.54) is 12.8 Å². The zero-order valence-electron chi connectivity index (χ0n) is 15.5. The van der Waals surface area contributed by atoms with Crippen molar-refractivity contribution in [3.8, 4) is 16.9 Å². The van der Waals surface area contributed by atoms with Gasteiger partial charge in [-0.3, -0.25) is 9.59 Å². The second kappa shape index (κ2) is 7.43. The van der Waals surface area contributed by atoms with Crippen LogP contribution in [0.2, 0.25) is 0 Å². The number of hydrogen-bond donors (Lipinski definition) is 2. The molecule has 2 saturated carbocycles. The van der Waals surface area contributed by atoms with Gasteiger partial charge in [-0.05, 0) is 67.5 Å². The lowest BCUT2D eigenvalue weighted by Gasteiger charge is -2.12. The molecule has 2 aromatic rings. The first-order valence-corrected chi connectivity index (χ1v) is 9.51. The highest BCUT2D eigenvalue weighted by molar-refractivity contribution is 5.97. The molecule has 5 nitrogen and oxygen atoms in total. The van der Waals surface area contributed by atoms with Crippen LogP contribution in [-0.4, -0.2) is 31.5 Å². The van der Waals surface area contributed by atoms with Crippen LogP contribution >= 0.6 is 0 Å². The molecule has 5 heteroatoms. The lowest BCUT2D eigenvalue weighted by molar-refractivity contribution is 0.0943. The van der Waals surface area contributed by atoms with Crippen molar-refractivity contribution in [1.29, 1.82) is 0 Å². The van der Waals surface area contributed by atoms with Gasteiger partial charge in [0.15, 0.2) is 0 Å². The molecule has 0 saturated heterocycles. The summed E-state index contributed by atoms with van der Waals surface area (Å²) in [7, 11) is 1.61. The van der Waals surface area contributed by atoms with Crippen LogP contribution < -0.4 is 15.4 Å². The van der Waals surface area contributed by atoms with Gasteiger partial charge in [-0.2, -0.15) is 0 Å². The first-order chi connectivity index (χ1) is 13.1. The zero-order chi connectivity index (χ0) is 18.8. The number of carbonyl (C=O) groups excluding carboxylic acids is 2. The molecule has 0 aromatic heterocycles. The average Bonchev–Trinajstić information content (AvgIpc) is 3.61. The van der Waals surface area contributed by atoms with Gasteiger partial charge in [0, 0.05) is 29.3 Å². The summed E-state index contributed by atoms with van der Waals surface area (Å²) in [5.41, 5.74) is 3.00. The van der Waals surface area contributed by atoms with Gasteiger partial charge in [0.25, 0.3) is 11.8 Å². The van der Waals surface area contributed by atoms with Crippen molar-refractivity contribution in [2.45, 2.75) is 31.7 Å². The van der Waals surface area contributed by atoms with Crippen molar-refractivity contribution < 1.29 is 14.3 Å². The summed E-state index contributed by atoms with van der Waals surface area (Å²) in [6, 6.07) is 13.2. The molecule has 0 spiro atoms. The fraction of sp³-hybridized carbons (Fsp3) is 0.364. The minimum Gasteiger partial charge on any atom is -0.496 e.